The van der Waals surface area contributed by atoms with Gasteiger partial charge in [-0.1, -0.05) is 0 Å². The van der Waals surface area contributed by atoms with E-state index >= 15 is 0 Å². The Hall–Kier alpha value is -2.43. The number of pyridine rings is 1. The summed E-state index contributed by atoms with van der Waals surface area (Å²) in [6.07, 6.45) is 4.46. The van der Waals surface area contributed by atoms with Crippen molar-refractivity contribution in [2.75, 3.05) is 0 Å². The van der Waals surface area contributed by atoms with Crippen molar-refractivity contribution in [3.63, 3.8) is 0 Å². The molecule has 0 aromatic carbocycles. The predicted molar refractivity (Wildman–Crippen MR) is 65.6 cm³/mol. The smallest absolute Gasteiger partial charge is 0.192 e. The highest BCUT2D eigenvalue weighted by atomic mass is 16.4. The van der Waals surface area contributed by atoms with Crippen LogP contribution in [0.3, 0.4) is 0 Å². The zero-order valence-corrected chi connectivity index (χ0v) is 10.0. The number of nitrogens with zero attached hydrogens (tertiary/aromatic N) is 3. The number of hydrogen-bond acceptors (Lipinski definition) is 4. The lowest BCUT2D eigenvalue weighted by Crippen LogP contribution is -1.85. The second kappa shape index (κ2) is 3.80. The third-order valence-electron chi connectivity index (χ3n) is 2.76. The van der Waals surface area contributed by atoms with E-state index in [4.69, 9.17) is 4.42 Å². The van der Waals surface area contributed by atoms with Crippen molar-refractivity contribution in [1.29, 1.82) is 0 Å². The second-order valence-electron chi connectivity index (χ2n) is 4.12. The minimum absolute atomic E-state index is 0.602. The maximum absolute atomic E-state index is 10.7. The van der Waals surface area contributed by atoms with Gasteiger partial charge in [0.15, 0.2) is 11.7 Å². The molecule has 0 bridgehead atoms. The van der Waals surface area contributed by atoms with Crippen LogP contribution in [-0.4, -0.2) is 20.7 Å². The van der Waals surface area contributed by atoms with Gasteiger partial charge in [0.05, 0.1) is 5.69 Å². The van der Waals surface area contributed by atoms with Gasteiger partial charge in [-0.05, 0) is 19.1 Å². The van der Waals surface area contributed by atoms with E-state index in [0.29, 0.717) is 22.9 Å². The summed E-state index contributed by atoms with van der Waals surface area (Å²) in [5, 5.41) is 0. The summed E-state index contributed by atoms with van der Waals surface area (Å²) in [6, 6.07) is 3.47. The summed E-state index contributed by atoms with van der Waals surface area (Å²) >= 11 is 0. The Kier molecular flexibility index (Phi) is 2.26. The van der Waals surface area contributed by atoms with Crippen LogP contribution in [0, 0.1) is 13.8 Å². The van der Waals surface area contributed by atoms with Gasteiger partial charge in [-0.3, -0.25) is 4.79 Å². The first-order valence-electron chi connectivity index (χ1n) is 5.56. The van der Waals surface area contributed by atoms with Gasteiger partial charge >= 0.3 is 0 Å². The van der Waals surface area contributed by atoms with Crippen LogP contribution in [0.15, 0.2) is 28.9 Å². The van der Waals surface area contributed by atoms with Crippen LogP contribution in [0.4, 0.5) is 0 Å². The highest BCUT2D eigenvalue weighted by Crippen LogP contribution is 2.23. The SMILES string of the molecule is Cc1nc(C)c(-c2cn3ccc(C=O)cc3n2)o1. The molecular weight excluding hydrogens is 230 g/mol. The lowest BCUT2D eigenvalue weighted by molar-refractivity contribution is 0.112. The van der Waals surface area contributed by atoms with Crippen molar-refractivity contribution < 1.29 is 9.21 Å². The minimum atomic E-state index is 0.602. The van der Waals surface area contributed by atoms with Gasteiger partial charge in [0.1, 0.15) is 17.6 Å². The Labute approximate surface area is 103 Å². The maximum Gasteiger partial charge on any atom is 0.192 e. The topological polar surface area (TPSA) is 60.4 Å². The first-order valence-corrected chi connectivity index (χ1v) is 5.56. The molecule has 0 saturated carbocycles. The van der Waals surface area contributed by atoms with Gasteiger partial charge in [-0.2, -0.15) is 0 Å². The average Bonchev–Trinajstić information content (AvgIpc) is 2.90. The van der Waals surface area contributed by atoms with E-state index in [2.05, 4.69) is 9.97 Å². The fourth-order valence-electron chi connectivity index (χ4n) is 1.95. The molecule has 5 heteroatoms. The van der Waals surface area contributed by atoms with Crippen LogP contribution in [0.25, 0.3) is 17.1 Å². The molecule has 90 valence electrons. The summed E-state index contributed by atoms with van der Waals surface area (Å²) in [7, 11) is 0. The summed E-state index contributed by atoms with van der Waals surface area (Å²) in [4.78, 5) is 19.4. The fourth-order valence-corrected chi connectivity index (χ4v) is 1.95. The van der Waals surface area contributed by atoms with E-state index < -0.39 is 0 Å². The van der Waals surface area contributed by atoms with Gasteiger partial charge in [0.2, 0.25) is 0 Å². The first kappa shape index (κ1) is 10.7. The van der Waals surface area contributed by atoms with E-state index in [9.17, 15) is 4.79 Å². The standard InChI is InChI=1S/C13H11N3O2/c1-8-13(18-9(2)14-8)11-6-16-4-3-10(7-17)5-12(16)15-11/h3-7H,1-2H3. The highest BCUT2D eigenvalue weighted by molar-refractivity contribution is 5.77. The van der Waals surface area contributed by atoms with Gasteiger partial charge in [-0.25, -0.2) is 9.97 Å². The molecule has 0 N–H and O–H groups in total. The summed E-state index contributed by atoms with van der Waals surface area (Å²) in [5.41, 5.74) is 2.84. The number of rotatable bonds is 2. The number of aldehydes is 1. The molecule has 3 heterocycles. The van der Waals surface area contributed by atoms with Crippen molar-refractivity contribution in [3.8, 4) is 11.5 Å². The number of aryl methyl sites for hydroxylation is 2. The zero-order chi connectivity index (χ0) is 12.7. The predicted octanol–water partition coefficient (Wildman–Crippen LogP) is 2.42. The molecule has 18 heavy (non-hydrogen) atoms. The Morgan fingerprint density at radius 2 is 2.17 bits per heavy atom. The van der Waals surface area contributed by atoms with Gasteiger partial charge in [0.25, 0.3) is 0 Å². The van der Waals surface area contributed by atoms with Crippen LogP contribution < -0.4 is 0 Å². The van der Waals surface area contributed by atoms with Gasteiger partial charge in [0, 0.05) is 24.9 Å². The van der Waals surface area contributed by atoms with Crippen LogP contribution in [0.5, 0.6) is 0 Å². The first-order chi connectivity index (χ1) is 8.67. The molecule has 0 amide bonds. The molecule has 0 aliphatic heterocycles. The zero-order valence-electron chi connectivity index (χ0n) is 10.0. The molecule has 0 aliphatic carbocycles. The Balaban J connectivity index is 2.18. The molecular formula is C13H11N3O2. The average molecular weight is 241 g/mol. The molecule has 0 spiro atoms. The largest absolute Gasteiger partial charge is 0.439 e. The fraction of sp³-hybridized carbons (Fsp3) is 0.154. The van der Waals surface area contributed by atoms with Crippen LogP contribution >= 0.6 is 0 Å². The molecule has 0 saturated heterocycles. The maximum atomic E-state index is 10.7. The molecule has 0 unspecified atom stereocenters. The molecule has 0 radical (unpaired) electrons. The van der Waals surface area contributed by atoms with E-state index in [1.807, 2.05) is 17.5 Å². The van der Waals surface area contributed by atoms with Gasteiger partial charge in [-0.15, -0.1) is 0 Å². The Morgan fingerprint density at radius 1 is 1.33 bits per heavy atom. The number of carbonyl (C=O) groups excluding carboxylic acids is 1. The minimum Gasteiger partial charge on any atom is -0.439 e. The van der Waals surface area contributed by atoms with Crippen molar-refractivity contribution in [2.24, 2.45) is 0 Å². The van der Waals surface area contributed by atoms with Crippen molar-refractivity contribution in [1.82, 2.24) is 14.4 Å². The number of carbonyl (C=O) groups is 1. The lowest BCUT2D eigenvalue weighted by atomic mass is 10.3. The van der Waals surface area contributed by atoms with E-state index in [-0.39, 0.29) is 0 Å². The quantitative estimate of drug-likeness (QED) is 0.646. The monoisotopic (exact) mass is 241 g/mol. The summed E-state index contributed by atoms with van der Waals surface area (Å²) in [6.45, 7) is 3.68. The molecule has 0 fully saturated rings. The number of hydrogen-bond donors (Lipinski definition) is 0. The van der Waals surface area contributed by atoms with Crippen LogP contribution in [0.2, 0.25) is 0 Å². The van der Waals surface area contributed by atoms with Crippen molar-refractivity contribution >= 4 is 11.9 Å². The molecule has 3 rings (SSSR count). The third-order valence-corrected chi connectivity index (χ3v) is 2.76. The van der Waals surface area contributed by atoms with Crippen molar-refractivity contribution in [2.45, 2.75) is 13.8 Å². The molecule has 0 atom stereocenters. The molecule has 5 nitrogen and oxygen atoms in total. The Morgan fingerprint density at radius 3 is 2.83 bits per heavy atom. The lowest BCUT2D eigenvalue weighted by Gasteiger charge is -1.91. The number of imidazole rings is 1. The van der Waals surface area contributed by atoms with E-state index in [1.165, 1.54) is 0 Å². The Bertz CT molecular complexity index is 740. The molecule has 3 aromatic rings. The third kappa shape index (κ3) is 1.60. The van der Waals surface area contributed by atoms with Gasteiger partial charge < -0.3 is 8.82 Å². The van der Waals surface area contributed by atoms with Crippen LogP contribution in [-0.2, 0) is 0 Å². The van der Waals surface area contributed by atoms with Crippen molar-refractivity contribution in [3.05, 3.63) is 41.7 Å². The van der Waals surface area contributed by atoms with E-state index in [1.54, 1.807) is 25.3 Å². The summed E-state index contributed by atoms with van der Waals surface area (Å²) in [5.74, 6) is 1.29. The van der Waals surface area contributed by atoms with E-state index in [0.717, 1.165) is 17.7 Å². The molecule has 3 aromatic heterocycles. The number of aromatic nitrogens is 3. The van der Waals surface area contributed by atoms with Crippen LogP contribution in [0.1, 0.15) is 21.9 Å². The normalized spacial score (nSPS) is 11.0. The number of fused-ring (bicyclic) bond motifs is 1. The number of oxazole rings is 1. The highest BCUT2D eigenvalue weighted by Gasteiger charge is 2.13. The molecule has 0 aliphatic rings. The second-order valence-corrected chi connectivity index (χ2v) is 4.12. The summed E-state index contributed by atoms with van der Waals surface area (Å²) < 4.78 is 7.38.